The number of aliphatic hydroxyl groups is 1. The monoisotopic (exact) mass is 320 g/mol. The van der Waals surface area contributed by atoms with Crippen LogP contribution in [0.3, 0.4) is 0 Å². The summed E-state index contributed by atoms with van der Waals surface area (Å²) in [5.74, 6) is 0.419. The standard InChI is InChI=1S/C16H24N4O3/c1-12-10-13(2)20(19-12)8-5-7-17-15(21)18-11-16(3,22)14-6-4-9-23-14/h4,6,9-10,22H,5,7-8,11H2,1-3H3,(H2,17,18,21). The molecule has 7 heteroatoms. The van der Waals surface area contributed by atoms with E-state index in [0.717, 1.165) is 24.4 Å². The largest absolute Gasteiger partial charge is 0.466 e. The predicted molar refractivity (Wildman–Crippen MR) is 86.0 cm³/mol. The van der Waals surface area contributed by atoms with Crippen LogP contribution in [-0.2, 0) is 12.1 Å². The summed E-state index contributed by atoms with van der Waals surface area (Å²) in [7, 11) is 0. The number of hydrogen-bond acceptors (Lipinski definition) is 4. The van der Waals surface area contributed by atoms with Crippen LogP contribution in [0.15, 0.2) is 28.9 Å². The molecule has 1 unspecified atom stereocenters. The molecule has 0 saturated heterocycles. The van der Waals surface area contributed by atoms with Gasteiger partial charge in [-0.1, -0.05) is 0 Å². The molecule has 2 rings (SSSR count). The maximum absolute atomic E-state index is 11.8. The average molecular weight is 320 g/mol. The first kappa shape index (κ1) is 17.1. The van der Waals surface area contributed by atoms with Gasteiger partial charge in [-0.05, 0) is 45.4 Å². The van der Waals surface area contributed by atoms with Crippen molar-refractivity contribution in [1.82, 2.24) is 20.4 Å². The van der Waals surface area contributed by atoms with Gasteiger partial charge in [-0.15, -0.1) is 0 Å². The highest BCUT2D eigenvalue weighted by Gasteiger charge is 2.26. The summed E-state index contributed by atoms with van der Waals surface area (Å²) in [6.07, 6.45) is 2.27. The Bertz CT molecular complexity index is 632. The minimum Gasteiger partial charge on any atom is -0.466 e. The summed E-state index contributed by atoms with van der Waals surface area (Å²) in [5, 5.41) is 20.0. The third-order valence-electron chi connectivity index (χ3n) is 3.58. The second-order valence-corrected chi connectivity index (χ2v) is 5.86. The molecule has 3 N–H and O–H groups in total. The molecule has 1 atom stereocenters. The van der Waals surface area contributed by atoms with Gasteiger partial charge >= 0.3 is 6.03 Å². The van der Waals surface area contributed by atoms with Gasteiger partial charge in [0.2, 0.25) is 0 Å². The lowest BCUT2D eigenvalue weighted by atomic mass is 10.0. The predicted octanol–water partition coefficient (Wildman–Crippen LogP) is 1.69. The summed E-state index contributed by atoms with van der Waals surface area (Å²) < 4.78 is 7.09. The number of nitrogens with zero attached hydrogens (tertiary/aromatic N) is 2. The zero-order valence-electron chi connectivity index (χ0n) is 13.8. The van der Waals surface area contributed by atoms with Crippen molar-refractivity contribution >= 4 is 6.03 Å². The smallest absolute Gasteiger partial charge is 0.314 e. The third-order valence-corrected chi connectivity index (χ3v) is 3.58. The highest BCUT2D eigenvalue weighted by molar-refractivity contribution is 5.73. The number of urea groups is 1. The summed E-state index contributed by atoms with van der Waals surface area (Å²) >= 11 is 0. The van der Waals surface area contributed by atoms with Crippen LogP contribution in [0.1, 0.15) is 30.5 Å². The SMILES string of the molecule is Cc1cc(C)n(CCCNC(=O)NCC(C)(O)c2ccco2)n1. The number of rotatable bonds is 7. The molecule has 0 aliphatic rings. The second kappa shape index (κ2) is 7.32. The van der Waals surface area contributed by atoms with Crippen molar-refractivity contribution in [3.8, 4) is 0 Å². The molecule has 23 heavy (non-hydrogen) atoms. The molecule has 2 amide bonds. The molecule has 0 aromatic carbocycles. The van der Waals surface area contributed by atoms with Gasteiger partial charge in [0.05, 0.1) is 18.5 Å². The fourth-order valence-corrected chi connectivity index (χ4v) is 2.32. The highest BCUT2D eigenvalue weighted by atomic mass is 16.4. The van der Waals surface area contributed by atoms with E-state index in [4.69, 9.17) is 4.42 Å². The van der Waals surface area contributed by atoms with Crippen LogP contribution in [0.5, 0.6) is 0 Å². The lowest BCUT2D eigenvalue weighted by Crippen LogP contribution is -2.43. The second-order valence-electron chi connectivity index (χ2n) is 5.86. The number of carbonyl (C=O) groups is 1. The summed E-state index contributed by atoms with van der Waals surface area (Å²) in [6.45, 7) is 6.92. The molecular weight excluding hydrogens is 296 g/mol. The van der Waals surface area contributed by atoms with E-state index in [-0.39, 0.29) is 12.6 Å². The van der Waals surface area contributed by atoms with E-state index in [1.807, 2.05) is 24.6 Å². The van der Waals surface area contributed by atoms with E-state index in [9.17, 15) is 9.90 Å². The molecular formula is C16H24N4O3. The van der Waals surface area contributed by atoms with E-state index >= 15 is 0 Å². The Kier molecular flexibility index (Phi) is 5.44. The van der Waals surface area contributed by atoms with Crippen molar-refractivity contribution in [3.05, 3.63) is 41.6 Å². The van der Waals surface area contributed by atoms with Gasteiger partial charge in [-0.2, -0.15) is 5.10 Å². The van der Waals surface area contributed by atoms with Crippen LogP contribution in [-0.4, -0.2) is 34.0 Å². The van der Waals surface area contributed by atoms with E-state index < -0.39 is 5.60 Å². The lowest BCUT2D eigenvalue weighted by molar-refractivity contribution is 0.0367. The maximum atomic E-state index is 11.8. The van der Waals surface area contributed by atoms with Crippen molar-refractivity contribution in [1.29, 1.82) is 0 Å². The molecule has 2 aromatic rings. The van der Waals surface area contributed by atoms with Gasteiger partial charge in [0.25, 0.3) is 0 Å². The Hall–Kier alpha value is -2.28. The first-order valence-electron chi connectivity index (χ1n) is 7.67. The molecule has 0 bridgehead atoms. The average Bonchev–Trinajstić information content (AvgIpc) is 3.12. The number of hydrogen-bond donors (Lipinski definition) is 3. The minimum absolute atomic E-state index is 0.0732. The van der Waals surface area contributed by atoms with Gasteiger partial charge in [-0.3, -0.25) is 4.68 Å². The topological polar surface area (TPSA) is 92.3 Å². The van der Waals surface area contributed by atoms with Crippen LogP contribution in [0.2, 0.25) is 0 Å². The summed E-state index contributed by atoms with van der Waals surface area (Å²) in [4.78, 5) is 11.8. The van der Waals surface area contributed by atoms with Gasteiger partial charge in [0, 0.05) is 18.8 Å². The number of furan rings is 1. The van der Waals surface area contributed by atoms with E-state index in [1.165, 1.54) is 6.26 Å². The molecule has 7 nitrogen and oxygen atoms in total. The molecule has 126 valence electrons. The van der Waals surface area contributed by atoms with Crippen LogP contribution >= 0.6 is 0 Å². The summed E-state index contributed by atoms with van der Waals surface area (Å²) in [5.41, 5.74) is 0.875. The Labute approximate surface area is 135 Å². The van der Waals surface area contributed by atoms with Gasteiger partial charge in [-0.25, -0.2) is 4.79 Å². The Morgan fingerprint density at radius 2 is 2.22 bits per heavy atom. The first-order chi connectivity index (χ1) is 10.9. The van der Waals surface area contributed by atoms with Crippen LogP contribution in [0.4, 0.5) is 4.79 Å². The fraction of sp³-hybridized carbons (Fsp3) is 0.500. The minimum atomic E-state index is -1.23. The zero-order chi connectivity index (χ0) is 16.9. The lowest BCUT2D eigenvalue weighted by Gasteiger charge is -2.21. The number of nitrogens with one attached hydrogen (secondary N) is 2. The van der Waals surface area contributed by atoms with Crippen LogP contribution in [0, 0.1) is 13.8 Å². The van der Waals surface area contributed by atoms with Gasteiger partial charge < -0.3 is 20.2 Å². The van der Waals surface area contributed by atoms with Crippen LogP contribution < -0.4 is 10.6 Å². The first-order valence-corrected chi connectivity index (χ1v) is 7.67. The molecule has 0 aliphatic heterocycles. The third kappa shape index (κ3) is 4.85. The summed E-state index contributed by atoms with van der Waals surface area (Å²) in [6, 6.07) is 5.08. The van der Waals surface area contributed by atoms with Crippen LogP contribution in [0.25, 0.3) is 0 Å². The molecule has 0 fully saturated rings. The number of amides is 2. The molecule has 2 aromatic heterocycles. The zero-order valence-corrected chi connectivity index (χ0v) is 13.8. The highest BCUT2D eigenvalue weighted by Crippen LogP contribution is 2.19. The quantitative estimate of drug-likeness (QED) is 0.677. The number of aryl methyl sites for hydroxylation is 3. The molecule has 0 spiro atoms. The molecule has 2 heterocycles. The molecule has 0 aliphatic carbocycles. The molecule has 0 saturated carbocycles. The number of carbonyl (C=O) groups excluding carboxylic acids is 1. The van der Waals surface area contributed by atoms with Gasteiger partial charge in [0.15, 0.2) is 0 Å². The maximum Gasteiger partial charge on any atom is 0.314 e. The van der Waals surface area contributed by atoms with Crippen molar-refractivity contribution in [2.24, 2.45) is 0 Å². The van der Waals surface area contributed by atoms with E-state index in [2.05, 4.69) is 15.7 Å². The molecule has 0 radical (unpaired) electrons. The normalized spacial score (nSPS) is 13.6. The Balaban J connectivity index is 1.66. The van der Waals surface area contributed by atoms with Crippen molar-refractivity contribution in [3.63, 3.8) is 0 Å². The van der Waals surface area contributed by atoms with E-state index in [0.29, 0.717) is 12.3 Å². The van der Waals surface area contributed by atoms with Crippen molar-refractivity contribution in [2.75, 3.05) is 13.1 Å². The van der Waals surface area contributed by atoms with Crippen molar-refractivity contribution < 1.29 is 14.3 Å². The number of aromatic nitrogens is 2. The van der Waals surface area contributed by atoms with E-state index in [1.54, 1.807) is 19.1 Å². The Morgan fingerprint density at radius 1 is 1.43 bits per heavy atom. The fourth-order valence-electron chi connectivity index (χ4n) is 2.32. The van der Waals surface area contributed by atoms with Gasteiger partial charge in [0.1, 0.15) is 11.4 Å². The van der Waals surface area contributed by atoms with Crippen molar-refractivity contribution in [2.45, 2.75) is 39.3 Å². The Morgan fingerprint density at radius 3 is 2.83 bits per heavy atom.